The highest BCUT2D eigenvalue weighted by molar-refractivity contribution is 7.91. The molecular weight excluding hydrogens is 296 g/mol. The first-order valence-electron chi connectivity index (χ1n) is 6.69. The standard InChI is InChI=1S/C13H24N2O3S2/c1-5-15(11(2)10-14(3)4)20(17,18)13-7-6-12(19-13)8-9-16/h6-7,11,16H,5,8-10H2,1-4H3. The molecule has 7 heteroatoms. The highest BCUT2D eigenvalue weighted by atomic mass is 32.2. The Balaban J connectivity index is 2.98. The summed E-state index contributed by atoms with van der Waals surface area (Å²) in [5, 5.41) is 8.92. The zero-order valence-corrected chi connectivity index (χ0v) is 14.2. The van der Waals surface area contributed by atoms with E-state index >= 15 is 0 Å². The number of thiophene rings is 1. The quantitative estimate of drug-likeness (QED) is 0.783. The van der Waals surface area contributed by atoms with Crippen LogP contribution in [-0.4, -0.2) is 62.6 Å². The second kappa shape index (κ2) is 7.51. The van der Waals surface area contributed by atoms with Crippen LogP contribution in [0, 0.1) is 0 Å². The summed E-state index contributed by atoms with van der Waals surface area (Å²) >= 11 is 1.24. The maximum atomic E-state index is 12.7. The first kappa shape index (κ1) is 17.6. The number of aliphatic hydroxyl groups excluding tert-OH is 1. The summed E-state index contributed by atoms with van der Waals surface area (Å²) in [6.07, 6.45) is 0.500. The van der Waals surface area contributed by atoms with Crippen LogP contribution in [0.3, 0.4) is 0 Å². The number of hydrogen-bond acceptors (Lipinski definition) is 5. The lowest BCUT2D eigenvalue weighted by Crippen LogP contribution is -2.43. The topological polar surface area (TPSA) is 60.9 Å². The first-order chi connectivity index (χ1) is 9.32. The minimum absolute atomic E-state index is 0.0362. The van der Waals surface area contributed by atoms with Crippen LogP contribution in [0.1, 0.15) is 18.7 Å². The molecule has 1 atom stereocenters. The molecule has 1 unspecified atom stereocenters. The Labute approximate surface area is 125 Å². The van der Waals surface area contributed by atoms with Crippen LogP contribution in [0.15, 0.2) is 16.3 Å². The van der Waals surface area contributed by atoms with Crippen LogP contribution >= 0.6 is 11.3 Å². The van der Waals surface area contributed by atoms with Crippen molar-refractivity contribution in [3.05, 3.63) is 17.0 Å². The lowest BCUT2D eigenvalue weighted by Gasteiger charge is -2.28. The summed E-state index contributed by atoms with van der Waals surface area (Å²) in [6.45, 7) is 4.94. The molecule has 20 heavy (non-hydrogen) atoms. The van der Waals surface area contributed by atoms with Gasteiger partial charge >= 0.3 is 0 Å². The molecule has 0 aliphatic rings. The maximum absolute atomic E-state index is 12.7. The monoisotopic (exact) mass is 320 g/mol. The van der Waals surface area contributed by atoms with Gasteiger partial charge in [0.05, 0.1) is 0 Å². The fraction of sp³-hybridized carbons (Fsp3) is 0.692. The Kier molecular flexibility index (Phi) is 6.60. The predicted octanol–water partition coefficient (Wildman–Crippen LogP) is 1.24. The minimum atomic E-state index is -3.45. The van der Waals surface area contributed by atoms with E-state index in [1.807, 2.05) is 32.8 Å². The third kappa shape index (κ3) is 4.26. The van der Waals surface area contributed by atoms with Gasteiger partial charge in [-0.25, -0.2) is 8.42 Å². The molecule has 116 valence electrons. The molecule has 1 aromatic rings. The molecule has 0 radical (unpaired) electrons. The summed E-state index contributed by atoms with van der Waals surface area (Å²) in [7, 11) is 0.414. The van der Waals surface area contributed by atoms with E-state index in [1.165, 1.54) is 15.6 Å². The fourth-order valence-electron chi connectivity index (χ4n) is 2.20. The normalized spacial score (nSPS) is 14.2. The molecule has 0 amide bonds. The summed E-state index contributed by atoms with van der Waals surface area (Å²) in [6, 6.07) is 3.33. The smallest absolute Gasteiger partial charge is 0.252 e. The molecule has 0 saturated heterocycles. The van der Waals surface area contributed by atoms with Gasteiger partial charge in [0.15, 0.2) is 0 Å². The van der Waals surface area contributed by atoms with Crippen molar-refractivity contribution >= 4 is 21.4 Å². The Hall–Kier alpha value is -0.470. The van der Waals surface area contributed by atoms with Crippen LogP contribution in [0.4, 0.5) is 0 Å². The Morgan fingerprint density at radius 2 is 2.00 bits per heavy atom. The number of rotatable bonds is 8. The average molecular weight is 320 g/mol. The van der Waals surface area contributed by atoms with E-state index in [4.69, 9.17) is 5.11 Å². The highest BCUT2D eigenvalue weighted by Crippen LogP contribution is 2.26. The van der Waals surface area contributed by atoms with Gasteiger partial charge in [0.2, 0.25) is 0 Å². The molecule has 0 fully saturated rings. The van der Waals surface area contributed by atoms with E-state index in [2.05, 4.69) is 0 Å². The van der Waals surface area contributed by atoms with E-state index in [9.17, 15) is 8.42 Å². The average Bonchev–Trinajstić information content (AvgIpc) is 2.78. The molecule has 0 spiro atoms. The molecule has 1 rings (SSSR count). The van der Waals surface area contributed by atoms with Crippen molar-refractivity contribution < 1.29 is 13.5 Å². The Morgan fingerprint density at radius 1 is 1.35 bits per heavy atom. The molecule has 0 aromatic carbocycles. The van der Waals surface area contributed by atoms with Crippen LogP contribution in [0.25, 0.3) is 0 Å². The summed E-state index contributed by atoms with van der Waals surface area (Å²) in [5.74, 6) is 0. The molecule has 0 bridgehead atoms. The van der Waals surface area contributed by atoms with Gasteiger partial charge < -0.3 is 10.0 Å². The zero-order chi connectivity index (χ0) is 15.3. The number of nitrogens with zero attached hydrogens (tertiary/aromatic N) is 2. The van der Waals surface area contributed by atoms with Gasteiger partial charge in [0.25, 0.3) is 10.0 Å². The number of sulfonamides is 1. The number of hydrogen-bond donors (Lipinski definition) is 1. The second-order valence-corrected chi connectivity index (χ2v) is 8.30. The van der Waals surface area contributed by atoms with E-state index in [-0.39, 0.29) is 12.6 Å². The van der Waals surface area contributed by atoms with Gasteiger partial charge in [-0.15, -0.1) is 11.3 Å². The van der Waals surface area contributed by atoms with E-state index in [0.717, 1.165) is 4.88 Å². The van der Waals surface area contributed by atoms with E-state index in [1.54, 1.807) is 12.1 Å². The van der Waals surface area contributed by atoms with Gasteiger partial charge in [-0.2, -0.15) is 4.31 Å². The largest absolute Gasteiger partial charge is 0.396 e. The van der Waals surface area contributed by atoms with Crippen molar-refractivity contribution in [3.63, 3.8) is 0 Å². The Bertz CT molecular complexity index is 511. The summed E-state index contributed by atoms with van der Waals surface area (Å²) < 4.78 is 27.2. The number of aliphatic hydroxyl groups is 1. The predicted molar refractivity (Wildman–Crippen MR) is 82.7 cm³/mol. The van der Waals surface area contributed by atoms with Gasteiger partial charge in [-0.05, 0) is 33.2 Å². The van der Waals surface area contributed by atoms with Crippen molar-refractivity contribution in [2.45, 2.75) is 30.5 Å². The molecule has 1 heterocycles. The van der Waals surface area contributed by atoms with Crippen molar-refractivity contribution in [1.82, 2.24) is 9.21 Å². The van der Waals surface area contributed by atoms with Gasteiger partial charge in [0, 0.05) is 37.0 Å². The van der Waals surface area contributed by atoms with Crippen LogP contribution in [0.2, 0.25) is 0 Å². The summed E-state index contributed by atoms with van der Waals surface area (Å²) in [4.78, 5) is 2.87. The molecule has 0 aliphatic carbocycles. The maximum Gasteiger partial charge on any atom is 0.252 e. The minimum Gasteiger partial charge on any atom is -0.396 e. The van der Waals surface area contributed by atoms with E-state index < -0.39 is 10.0 Å². The van der Waals surface area contributed by atoms with Gasteiger partial charge in [-0.3, -0.25) is 0 Å². The third-order valence-electron chi connectivity index (χ3n) is 2.99. The lowest BCUT2D eigenvalue weighted by atomic mass is 10.3. The van der Waals surface area contributed by atoms with Gasteiger partial charge in [-0.1, -0.05) is 6.92 Å². The molecule has 5 nitrogen and oxygen atoms in total. The highest BCUT2D eigenvalue weighted by Gasteiger charge is 2.29. The lowest BCUT2D eigenvalue weighted by molar-refractivity contribution is 0.272. The molecule has 0 saturated carbocycles. The SMILES string of the molecule is CCN(C(C)CN(C)C)S(=O)(=O)c1ccc(CCO)s1. The van der Waals surface area contributed by atoms with Crippen LogP contribution in [0.5, 0.6) is 0 Å². The van der Waals surface area contributed by atoms with Gasteiger partial charge in [0.1, 0.15) is 4.21 Å². The van der Waals surface area contributed by atoms with Crippen molar-refractivity contribution in [2.75, 3.05) is 33.8 Å². The van der Waals surface area contributed by atoms with Crippen molar-refractivity contribution in [1.29, 1.82) is 0 Å². The zero-order valence-electron chi connectivity index (χ0n) is 12.5. The van der Waals surface area contributed by atoms with Crippen molar-refractivity contribution in [2.24, 2.45) is 0 Å². The van der Waals surface area contributed by atoms with E-state index in [0.29, 0.717) is 23.7 Å². The Morgan fingerprint density at radius 3 is 2.50 bits per heavy atom. The van der Waals surface area contributed by atoms with Crippen LogP contribution < -0.4 is 0 Å². The first-order valence-corrected chi connectivity index (χ1v) is 8.94. The summed E-state index contributed by atoms with van der Waals surface area (Å²) in [5.41, 5.74) is 0. The van der Waals surface area contributed by atoms with Crippen molar-refractivity contribution in [3.8, 4) is 0 Å². The molecule has 1 aromatic heterocycles. The molecule has 1 N–H and O–H groups in total. The molecule has 0 aliphatic heterocycles. The fourth-order valence-corrected chi connectivity index (χ4v) is 5.30. The molecular formula is C13H24N2O3S2. The second-order valence-electron chi connectivity index (χ2n) is 5.01. The third-order valence-corrected chi connectivity index (χ3v) is 6.69. The number of likely N-dealkylation sites (N-methyl/N-ethyl adjacent to an activating group) is 2. The van der Waals surface area contributed by atoms with Crippen LogP contribution in [-0.2, 0) is 16.4 Å².